The van der Waals surface area contributed by atoms with Crippen LogP contribution in [0.25, 0.3) is 11.4 Å². The highest BCUT2D eigenvalue weighted by molar-refractivity contribution is 5.90. The van der Waals surface area contributed by atoms with Crippen LogP contribution in [-0.4, -0.2) is 34.2 Å². The first-order valence-corrected chi connectivity index (χ1v) is 10.1. The van der Waals surface area contributed by atoms with Gasteiger partial charge < -0.3 is 14.7 Å². The molecular formula is C23H26N4O2. The van der Waals surface area contributed by atoms with E-state index in [4.69, 9.17) is 4.52 Å². The van der Waals surface area contributed by atoms with Crippen molar-refractivity contribution in [2.75, 3.05) is 18.4 Å². The van der Waals surface area contributed by atoms with Crippen molar-refractivity contribution in [3.05, 3.63) is 65.5 Å². The molecule has 1 fully saturated rings. The number of para-hydroxylation sites is 1. The fourth-order valence-corrected chi connectivity index (χ4v) is 3.84. The molecule has 0 saturated carbocycles. The molecule has 1 aromatic heterocycles. The summed E-state index contributed by atoms with van der Waals surface area (Å²) in [7, 11) is 0. The van der Waals surface area contributed by atoms with E-state index in [0.29, 0.717) is 30.6 Å². The molecule has 0 radical (unpaired) electrons. The number of carbonyl (C=O) groups excluding carboxylic acids is 1. The number of nitrogens with one attached hydrogen (secondary N) is 1. The van der Waals surface area contributed by atoms with E-state index in [0.717, 1.165) is 41.8 Å². The van der Waals surface area contributed by atoms with Gasteiger partial charge in [-0.2, -0.15) is 4.98 Å². The Bertz CT molecular complexity index is 998. The van der Waals surface area contributed by atoms with Crippen LogP contribution in [0.1, 0.15) is 29.9 Å². The molecule has 2 amide bonds. The maximum atomic E-state index is 12.7. The summed E-state index contributed by atoms with van der Waals surface area (Å²) in [5.74, 6) is 1.58. The zero-order chi connectivity index (χ0) is 20.2. The van der Waals surface area contributed by atoms with Crippen molar-refractivity contribution in [3.8, 4) is 11.4 Å². The lowest BCUT2D eigenvalue weighted by Gasteiger charge is -2.32. The van der Waals surface area contributed by atoms with E-state index in [2.05, 4.69) is 15.5 Å². The molecule has 150 valence electrons. The van der Waals surface area contributed by atoms with Crippen LogP contribution in [-0.2, 0) is 6.42 Å². The fraction of sp³-hybridized carbons (Fsp3) is 0.348. The minimum Gasteiger partial charge on any atom is -0.339 e. The zero-order valence-electron chi connectivity index (χ0n) is 16.9. The predicted molar refractivity (Wildman–Crippen MR) is 113 cm³/mol. The molecule has 0 bridgehead atoms. The Morgan fingerprint density at radius 3 is 2.69 bits per heavy atom. The third-order valence-corrected chi connectivity index (χ3v) is 5.51. The number of hydrogen-bond donors (Lipinski definition) is 1. The van der Waals surface area contributed by atoms with Gasteiger partial charge in [-0.1, -0.05) is 47.6 Å². The normalized spacial score (nSPS) is 16.6. The average Bonchev–Trinajstić information content (AvgIpc) is 3.18. The maximum Gasteiger partial charge on any atom is 0.321 e. The molecule has 1 N–H and O–H groups in total. The summed E-state index contributed by atoms with van der Waals surface area (Å²) >= 11 is 0. The highest BCUT2D eigenvalue weighted by atomic mass is 16.5. The van der Waals surface area contributed by atoms with Crippen LogP contribution in [0.5, 0.6) is 0 Å². The first-order valence-electron chi connectivity index (χ1n) is 10.1. The van der Waals surface area contributed by atoms with Crippen molar-refractivity contribution in [3.63, 3.8) is 0 Å². The number of aryl methyl sites for hydroxylation is 2. The molecule has 1 aliphatic rings. The van der Waals surface area contributed by atoms with E-state index < -0.39 is 0 Å². The summed E-state index contributed by atoms with van der Waals surface area (Å²) in [4.78, 5) is 19.2. The molecular weight excluding hydrogens is 364 g/mol. The molecule has 6 heteroatoms. The Labute approximate surface area is 170 Å². The number of nitrogens with zero attached hydrogens (tertiary/aromatic N) is 3. The van der Waals surface area contributed by atoms with Crippen molar-refractivity contribution in [1.29, 1.82) is 0 Å². The fourth-order valence-electron chi connectivity index (χ4n) is 3.84. The van der Waals surface area contributed by atoms with Gasteiger partial charge in [0.25, 0.3) is 0 Å². The lowest BCUT2D eigenvalue weighted by atomic mass is 9.95. The molecule has 0 spiro atoms. The standard InChI is InChI=1S/C23H26N4O2/c1-16-8-3-5-11-19(16)22-25-21(29-26-22)14-18-10-7-13-27(15-18)23(28)24-20-12-6-4-9-17(20)2/h3-6,8-9,11-12,18H,7,10,13-15H2,1-2H3,(H,24,28). The van der Waals surface area contributed by atoms with Gasteiger partial charge in [-0.25, -0.2) is 4.79 Å². The third-order valence-electron chi connectivity index (χ3n) is 5.51. The number of carbonyl (C=O) groups is 1. The topological polar surface area (TPSA) is 71.3 Å². The SMILES string of the molecule is Cc1ccccc1NC(=O)N1CCCC(Cc2nc(-c3ccccc3C)no2)C1. The molecule has 29 heavy (non-hydrogen) atoms. The van der Waals surface area contributed by atoms with Gasteiger partial charge in [-0.15, -0.1) is 0 Å². The van der Waals surface area contributed by atoms with Gasteiger partial charge in [0.05, 0.1) is 0 Å². The van der Waals surface area contributed by atoms with Crippen molar-refractivity contribution >= 4 is 11.7 Å². The van der Waals surface area contributed by atoms with Gasteiger partial charge in [0.2, 0.25) is 11.7 Å². The first kappa shape index (κ1) is 19.2. The Morgan fingerprint density at radius 1 is 1.14 bits per heavy atom. The molecule has 2 aromatic carbocycles. The number of hydrogen-bond acceptors (Lipinski definition) is 4. The molecule has 1 atom stereocenters. The number of amides is 2. The average molecular weight is 390 g/mol. The lowest BCUT2D eigenvalue weighted by Crippen LogP contribution is -2.42. The van der Waals surface area contributed by atoms with E-state index in [9.17, 15) is 4.79 Å². The number of anilines is 1. The van der Waals surface area contributed by atoms with Crippen LogP contribution in [0, 0.1) is 19.8 Å². The molecule has 0 aliphatic carbocycles. The van der Waals surface area contributed by atoms with Crippen molar-refractivity contribution < 1.29 is 9.32 Å². The van der Waals surface area contributed by atoms with Crippen LogP contribution in [0.4, 0.5) is 10.5 Å². The van der Waals surface area contributed by atoms with Crippen LogP contribution in [0.2, 0.25) is 0 Å². The van der Waals surface area contributed by atoms with Gasteiger partial charge in [0, 0.05) is 30.8 Å². The minimum atomic E-state index is -0.0462. The summed E-state index contributed by atoms with van der Waals surface area (Å²) in [6.45, 7) is 5.50. The molecule has 4 rings (SSSR count). The third kappa shape index (κ3) is 4.47. The van der Waals surface area contributed by atoms with Gasteiger partial charge >= 0.3 is 6.03 Å². The quantitative estimate of drug-likeness (QED) is 0.692. The molecule has 2 heterocycles. The second-order valence-electron chi connectivity index (χ2n) is 7.73. The summed E-state index contributed by atoms with van der Waals surface area (Å²) in [5.41, 5.74) is 4.03. The number of urea groups is 1. The first-order chi connectivity index (χ1) is 14.1. The summed E-state index contributed by atoms with van der Waals surface area (Å²) < 4.78 is 5.50. The lowest BCUT2D eigenvalue weighted by molar-refractivity contribution is 0.173. The number of aromatic nitrogens is 2. The van der Waals surface area contributed by atoms with Gasteiger partial charge in [0.15, 0.2) is 0 Å². The largest absolute Gasteiger partial charge is 0.339 e. The number of piperidine rings is 1. The van der Waals surface area contributed by atoms with E-state index in [-0.39, 0.29) is 6.03 Å². The Balaban J connectivity index is 1.39. The van der Waals surface area contributed by atoms with Crippen LogP contribution < -0.4 is 5.32 Å². The summed E-state index contributed by atoms with van der Waals surface area (Å²) in [6.07, 6.45) is 2.72. The van der Waals surface area contributed by atoms with Crippen molar-refractivity contribution in [2.24, 2.45) is 5.92 Å². The maximum absolute atomic E-state index is 12.7. The van der Waals surface area contributed by atoms with Gasteiger partial charge in [-0.05, 0) is 49.8 Å². The number of benzene rings is 2. The second-order valence-corrected chi connectivity index (χ2v) is 7.73. The van der Waals surface area contributed by atoms with Gasteiger partial charge in [0.1, 0.15) is 0 Å². The Morgan fingerprint density at radius 2 is 1.90 bits per heavy atom. The van der Waals surface area contributed by atoms with E-state index in [1.54, 1.807) is 0 Å². The summed E-state index contributed by atoms with van der Waals surface area (Å²) in [6, 6.07) is 15.8. The Hall–Kier alpha value is -3.15. The van der Waals surface area contributed by atoms with Gasteiger partial charge in [-0.3, -0.25) is 0 Å². The van der Waals surface area contributed by atoms with Crippen LogP contribution in [0.3, 0.4) is 0 Å². The molecule has 1 saturated heterocycles. The summed E-state index contributed by atoms with van der Waals surface area (Å²) in [5, 5.41) is 7.19. The smallest absolute Gasteiger partial charge is 0.321 e. The van der Waals surface area contributed by atoms with Crippen LogP contribution >= 0.6 is 0 Å². The number of rotatable bonds is 4. The predicted octanol–water partition coefficient (Wildman–Crippen LogP) is 4.84. The van der Waals surface area contributed by atoms with Crippen molar-refractivity contribution in [2.45, 2.75) is 33.1 Å². The van der Waals surface area contributed by atoms with E-state index in [1.807, 2.05) is 67.3 Å². The minimum absolute atomic E-state index is 0.0462. The number of likely N-dealkylation sites (tertiary alicyclic amines) is 1. The monoisotopic (exact) mass is 390 g/mol. The molecule has 1 aliphatic heterocycles. The van der Waals surface area contributed by atoms with E-state index >= 15 is 0 Å². The highest BCUT2D eigenvalue weighted by Crippen LogP contribution is 2.24. The molecule has 1 unspecified atom stereocenters. The van der Waals surface area contributed by atoms with Crippen molar-refractivity contribution in [1.82, 2.24) is 15.0 Å². The molecule has 3 aromatic rings. The Kier molecular flexibility index (Phi) is 5.60. The van der Waals surface area contributed by atoms with Crippen LogP contribution in [0.15, 0.2) is 53.1 Å². The zero-order valence-corrected chi connectivity index (χ0v) is 16.9. The molecule has 6 nitrogen and oxygen atoms in total. The highest BCUT2D eigenvalue weighted by Gasteiger charge is 2.26. The second kappa shape index (κ2) is 8.47. The van der Waals surface area contributed by atoms with E-state index in [1.165, 1.54) is 0 Å².